The SMILES string of the molecule is Cc1cc(NC(=O)c2ccc(-c3ccccc3)cc2)nn1Cc1ccccc1. The van der Waals surface area contributed by atoms with E-state index in [1.165, 1.54) is 5.56 Å². The highest BCUT2D eigenvalue weighted by Crippen LogP contribution is 2.20. The van der Waals surface area contributed by atoms with Crippen molar-refractivity contribution < 1.29 is 4.79 Å². The molecular formula is C24H21N3O. The molecule has 0 aliphatic heterocycles. The first-order valence-corrected chi connectivity index (χ1v) is 9.24. The molecule has 0 radical (unpaired) electrons. The summed E-state index contributed by atoms with van der Waals surface area (Å²) in [5.41, 5.74) is 4.99. The maximum Gasteiger partial charge on any atom is 0.256 e. The molecule has 1 amide bonds. The van der Waals surface area contributed by atoms with Gasteiger partial charge in [0.25, 0.3) is 5.91 Å². The van der Waals surface area contributed by atoms with Crippen LogP contribution in [0.15, 0.2) is 91.0 Å². The Hall–Kier alpha value is -3.66. The topological polar surface area (TPSA) is 46.9 Å². The van der Waals surface area contributed by atoms with Crippen molar-refractivity contribution in [3.8, 4) is 11.1 Å². The molecule has 0 fully saturated rings. The lowest BCUT2D eigenvalue weighted by Gasteiger charge is -2.05. The first-order valence-electron chi connectivity index (χ1n) is 9.24. The molecular weight excluding hydrogens is 346 g/mol. The molecule has 4 rings (SSSR count). The zero-order valence-electron chi connectivity index (χ0n) is 15.7. The molecule has 1 N–H and O–H groups in total. The number of aryl methyl sites for hydroxylation is 1. The fraction of sp³-hybridized carbons (Fsp3) is 0.0833. The largest absolute Gasteiger partial charge is 0.305 e. The molecule has 0 bridgehead atoms. The highest BCUT2D eigenvalue weighted by Gasteiger charge is 2.10. The molecule has 4 nitrogen and oxygen atoms in total. The zero-order chi connectivity index (χ0) is 19.3. The van der Waals surface area contributed by atoms with Gasteiger partial charge < -0.3 is 5.32 Å². The normalized spacial score (nSPS) is 10.6. The van der Waals surface area contributed by atoms with Crippen LogP contribution in [0.5, 0.6) is 0 Å². The van der Waals surface area contributed by atoms with Crippen LogP contribution in [0, 0.1) is 6.92 Å². The lowest BCUT2D eigenvalue weighted by molar-refractivity contribution is 0.102. The predicted molar refractivity (Wildman–Crippen MR) is 112 cm³/mol. The fourth-order valence-electron chi connectivity index (χ4n) is 3.12. The number of nitrogens with one attached hydrogen (secondary N) is 1. The maximum atomic E-state index is 12.6. The van der Waals surface area contributed by atoms with Crippen LogP contribution in [0.1, 0.15) is 21.6 Å². The minimum absolute atomic E-state index is 0.163. The van der Waals surface area contributed by atoms with E-state index in [2.05, 4.69) is 34.7 Å². The number of aromatic nitrogens is 2. The molecule has 0 saturated carbocycles. The molecule has 0 unspecified atom stereocenters. The van der Waals surface area contributed by atoms with E-state index in [0.717, 1.165) is 16.8 Å². The third-order valence-electron chi connectivity index (χ3n) is 4.65. The van der Waals surface area contributed by atoms with Crippen LogP contribution in [0.25, 0.3) is 11.1 Å². The fourth-order valence-corrected chi connectivity index (χ4v) is 3.12. The second-order valence-electron chi connectivity index (χ2n) is 6.71. The Morgan fingerprint density at radius 1 is 0.857 bits per heavy atom. The second kappa shape index (κ2) is 7.92. The number of amides is 1. The third kappa shape index (κ3) is 4.01. The number of anilines is 1. The molecule has 0 spiro atoms. The highest BCUT2D eigenvalue weighted by atomic mass is 16.1. The van der Waals surface area contributed by atoms with Gasteiger partial charge in [-0.15, -0.1) is 0 Å². The van der Waals surface area contributed by atoms with Crippen molar-refractivity contribution in [2.75, 3.05) is 5.32 Å². The van der Waals surface area contributed by atoms with E-state index in [-0.39, 0.29) is 5.91 Å². The van der Waals surface area contributed by atoms with Gasteiger partial charge in [-0.1, -0.05) is 72.8 Å². The van der Waals surface area contributed by atoms with Crippen LogP contribution in [0.4, 0.5) is 5.82 Å². The van der Waals surface area contributed by atoms with Crippen LogP contribution in [0.3, 0.4) is 0 Å². The Morgan fingerprint density at radius 3 is 2.14 bits per heavy atom. The third-order valence-corrected chi connectivity index (χ3v) is 4.65. The summed E-state index contributed by atoms with van der Waals surface area (Å²) >= 11 is 0. The van der Waals surface area contributed by atoms with Gasteiger partial charge in [0.1, 0.15) is 0 Å². The van der Waals surface area contributed by atoms with Crippen molar-refractivity contribution >= 4 is 11.7 Å². The first kappa shape index (κ1) is 17.7. The van der Waals surface area contributed by atoms with Gasteiger partial charge >= 0.3 is 0 Å². The standard InChI is InChI=1S/C24H21N3O/c1-18-16-23(26-27(18)17-19-8-4-2-5-9-19)25-24(28)22-14-12-21(13-15-22)20-10-6-3-7-11-20/h2-16H,17H2,1H3,(H,25,26,28). The van der Waals surface area contributed by atoms with Gasteiger partial charge in [-0.2, -0.15) is 5.10 Å². The van der Waals surface area contributed by atoms with Crippen LogP contribution in [0.2, 0.25) is 0 Å². The molecule has 138 valence electrons. The van der Waals surface area contributed by atoms with Gasteiger partial charge in [0, 0.05) is 17.3 Å². The smallest absolute Gasteiger partial charge is 0.256 e. The molecule has 0 aliphatic carbocycles. The van der Waals surface area contributed by atoms with Crippen LogP contribution >= 0.6 is 0 Å². The van der Waals surface area contributed by atoms with Gasteiger partial charge in [0.15, 0.2) is 5.82 Å². The number of carbonyl (C=O) groups excluding carboxylic acids is 1. The van der Waals surface area contributed by atoms with E-state index >= 15 is 0 Å². The molecule has 1 heterocycles. The number of nitrogens with zero attached hydrogens (tertiary/aromatic N) is 2. The monoisotopic (exact) mass is 367 g/mol. The summed E-state index contributed by atoms with van der Waals surface area (Å²) in [6.07, 6.45) is 0. The summed E-state index contributed by atoms with van der Waals surface area (Å²) in [6, 6.07) is 29.7. The minimum atomic E-state index is -0.163. The molecule has 0 saturated heterocycles. The van der Waals surface area contributed by atoms with E-state index in [1.54, 1.807) is 0 Å². The van der Waals surface area contributed by atoms with E-state index in [9.17, 15) is 4.79 Å². The van der Waals surface area contributed by atoms with Crippen molar-refractivity contribution in [1.82, 2.24) is 9.78 Å². The lowest BCUT2D eigenvalue weighted by Crippen LogP contribution is -2.12. The number of rotatable bonds is 5. The second-order valence-corrected chi connectivity index (χ2v) is 6.71. The van der Waals surface area contributed by atoms with E-state index in [0.29, 0.717) is 17.9 Å². The highest BCUT2D eigenvalue weighted by molar-refractivity contribution is 6.04. The first-order chi connectivity index (χ1) is 13.7. The number of hydrogen-bond acceptors (Lipinski definition) is 2. The Morgan fingerprint density at radius 2 is 1.46 bits per heavy atom. The Kier molecular flexibility index (Phi) is 5.02. The van der Waals surface area contributed by atoms with Gasteiger partial charge in [-0.3, -0.25) is 9.48 Å². The van der Waals surface area contributed by atoms with Crippen molar-refractivity contribution in [1.29, 1.82) is 0 Å². The van der Waals surface area contributed by atoms with Crippen molar-refractivity contribution in [3.05, 3.63) is 108 Å². The van der Waals surface area contributed by atoms with Gasteiger partial charge in [-0.25, -0.2) is 0 Å². The predicted octanol–water partition coefficient (Wildman–Crippen LogP) is 5.16. The maximum absolute atomic E-state index is 12.6. The van der Waals surface area contributed by atoms with Crippen LogP contribution in [-0.2, 0) is 6.54 Å². The van der Waals surface area contributed by atoms with E-state index in [1.807, 2.05) is 78.3 Å². The minimum Gasteiger partial charge on any atom is -0.305 e. The van der Waals surface area contributed by atoms with Crippen LogP contribution < -0.4 is 5.32 Å². The summed E-state index contributed by atoms with van der Waals surface area (Å²) < 4.78 is 1.89. The van der Waals surface area contributed by atoms with Gasteiger partial charge in [0.2, 0.25) is 0 Å². The quantitative estimate of drug-likeness (QED) is 0.530. The van der Waals surface area contributed by atoms with Crippen molar-refractivity contribution in [2.24, 2.45) is 0 Å². The summed E-state index contributed by atoms with van der Waals surface area (Å²) in [7, 11) is 0. The number of carbonyl (C=O) groups is 1. The molecule has 28 heavy (non-hydrogen) atoms. The van der Waals surface area contributed by atoms with E-state index < -0.39 is 0 Å². The van der Waals surface area contributed by atoms with Gasteiger partial charge in [0.05, 0.1) is 6.54 Å². The van der Waals surface area contributed by atoms with Crippen molar-refractivity contribution in [3.63, 3.8) is 0 Å². The van der Waals surface area contributed by atoms with Gasteiger partial charge in [-0.05, 0) is 35.7 Å². The lowest BCUT2D eigenvalue weighted by atomic mass is 10.0. The number of hydrogen-bond donors (Lipinski definition) is 1. The summed E-state index contributed by atoms with van der Waals surface area (Å²) in [5.74, 6) is 0.398. The Labute approximate surface area is 164 Å². The van der Waals surface area contributed by atoms with Crippen molar-refractivity contribution in [2.45, 2.75) is 13.5 Å². The van der Waals surface area contributed by atoms with Crippen LogP contribution in [-0.4, -0.2) is 15.7 Å². The number of benzene rings is 3. The average molecular weight is 367 g/mol. The molecule has 0 atom stereocenters. The summed E-state index contributed by atoms with van der Waals surface area (Å²) in [6.45, 7) is 2.66. The average Bonchev–Trinajstić information content (AvgIpc) is 3.08. The Balaban J connectivity index is 1.46. The summed E-state index contributed by atoms with van der Waals surface area (Å²) in [4.78, 5) is 12.6. The zero-order valence-corrected chi connectivity index (χ0v) is 15.7. The molecule has 4 aromatic rings. The molecule has 1 aromatic heterocycles. The summed E-state index contributed by atoms with van der Waals surface area (Å²) in [5, 5.41) is 7.41. The Bertz CT molecular complexity index is 1070. The molecule has 4 heteroatoms. The van der Waals surface area contributed by atoms with E-state index in [4.69, 9.17) is 0 Å². The molecule has 0 aliphatic rings. The molecule has 3 aromatic carbocycles.